The Labute approximate surface area is 126 Å². The van der Waals surface area contributed by atoms with Crippen molar-refractivity contribution < 1.29 is 22.0 Å². The second kappa shape index (κ2) is 6.91. The van der Waals surface area contributed by atoms with Crippen molar-refractivity contribution in [2.75, 3.05) is 19.6 Å². The van der Waals surface area contributed by atoms with E-state index in [1.165, 1.54) is 17.0 Å². The van der Waals surface area contributed by atoms with Crippen LogP contribution in [0.1, 0.15) is 31.4 Å². The van der Waals surface area contributed by atoms with Gasteiger partial charge in [0.05, 0.1) is 6.54 Å². The van der Waals surface area contributed by atoms with Crippen molar-refractivity contribution in [1.29, 1.82) is 0 Å². The molecule has 1 aliphatic rings. The van der Waals surface area contributed by atoms with E-state index in [1.807, 2.05) is 0 Å². The molecule has 1 aromatic rings. The van der Waals surface area contributed by atoms with E-state index in [1.54, 1.807) is 6.92 Å². The number of nitrogens with zero attached hydrogens (tertiary/aromatic N) is 1. The van der Waals surface area contributed by atoms with Gasteiger partial charge in [0.25, 0.3) is 0 Å². The van der Waals surface area contributed by atoms with Gasteiger partial charge in [0.2, 0.25) is 0 Å². The van der Waals surface area contributed by atoms with E-state index >= 15 is 0 Å². The first-order valence-corrected chi connectivity index (χ1v) is 7.25. The SMILES string of the molecule is C[C@@H](NC1CCN(CC(F)(F)F)CC1)c1ccc(F)cc1F. The molecule has 1 fully saturated rings. The third-order valence-electron chi connectivity index (χ3n) is 3.91. The molecule has 2 nitrogen and oxygen atoms in total. The molecule has 1 aromatic carbocycles. The molecule has 0 bridgehead atoms. The van der Waals surface area contributed by atoms with Crippen molar-refractivity contribution in [3.63, 3.8) is 0 Å². The van der Waals surface area contributed by atoms with Crippen molar-refractivity contribution in [3.8, 4) is 0 Å². The van der Waals surface area contributed by atoms with Crippen LogP contribution in [-0.2, 0) is 0 Å². The lowest BCUT2D eigenvalue weighted by atomic mass is 10.0. The zero-order valence-electron chi connectivity index (χ0n) is 12.3. The predicted molar refractivity (Wildman–Crippen MR) is 73.4 cm³/mol. The molecule has 0 radical (unpaired) electrons. The summed E-state index contributed by atoms with van der Waals surface area (Å²) in [5.41, 5.74) is 0.360. The molecule has 1 atom stereocenters. The van der Waals surface area contributed by atoms with E-state index in [4.69, 9.17) is 0 Å². The van der Waals surface area contributed by atoms with Crippen molar-refractivity contribution in [1.82, 2.24) is 10.2 Å². The summed E-state index contributed by atoms with van der Waals surface area (Å²) >= 11 is 0. The highest BCUT2D eigenvalue weighted by atomic mass is 19.4. The summed E-state index contributed by atoms with van der Waals surface area (Å²) < 4.78 is 63.5. The molecule has 1 N–H and O–H groups in total. The summed E-state index contributed by atoms with van der Waals surface area (Å²) in [5, 5.41) is 3.21. The second-order valence-corrected chi connectivity index (χ2v) is 5.72. The molecule has 2 rings (SSSR count). The molecule has 1 aliphatic heterocycles. The van der Waals surface area contributed by atoms with Gasteiger partial charge < -0.3 is 5.32 Å². The largest absolute Gasteiger partial charge is 0.401 e. The Morgan fingerprint density at radius 1 is 1.23 bits per heavy atom. The first kappa shape index (κ1) is 17.1. The van der Waals surface area contributed by atoms with Crippen LogP contribution in [0.15, 0.2) is 18.2 Å². The zero-order valence-corrected chi connectivity index (χ0v) is 12.3. The lowest BCUT2D eigenvalue weighted by Gasteiger charge is -2.34. The summed E-state index contributed by atoms with van der Waals surface area (Å²) in [6, 6.07) is 3.13. The zero-order chi connectivity index (χ0) is 16.3. The minimum Gasteiger partial charge on any atom is -0.307 e. The number of benzene rings is 1. The number of nitrogens with one attached hydrogen (secondary N) is 1. The van der Waals surface area contributed by atoms with Crippen LogP contribution in [-0.4, -0.2) is 36.8 Å². The van der Waals surface area contributed by atoms with E-state index in [-0.39, 0.29) is 12.1 Å². The van der Waals surface area contributed by atoms with Crippen LogP contribution < -0.4 is 5.32 Å². The normalized spacial score (nSPS) is 19.4. The van der Waals surface area contributed by atoms with Gasteiger partial charge in [-0.25, -0.2) is 8.78 Å². The summed E-state index contributed by atoms with van der Waals surface area (Å²) in [6.45, 7) is 1.59. The Hall–Kier alpha value is -1.21. The van der Waals surface area contributed by atoms with Gasteiger partial charge >= 0.3 is 6.18 Å². The van der Waals surface area contributed by atoms with Gasteiger partial charge in [0.15, 0.2) is 0 Å². The van der Waals surface area contributed by atoms with E-state index < -0.39 is 24.4 Å². The summed E-state index contributed by atoms with van der Waals surface area (Å²) in [7, 11) is 0. The minimum absolute atomic E-state index is 0.0314. The van der Waals surface area contributed by atoms with Gasteiger partial charge in [-0.1, -0.05) is 6.07 Å². The predicted octanol–water partition coefficient (Wildman–Crippen LogP) is 3.64. The van der Waals surface area contributed by atoms with Gasteiger partial charge in [-0.05, 0) is 38.9 Å². The lowest BCUT2D eigenvalue weighted by Crippen LogP contribution is -2.46. The maximum Gasteiger partial charge on any atom is 0.401 e. The Balaban J connectivity index is 1.85. The third-order valence-corrected chi connectivity index (χ3v) is 3.91. The average molecular weight is 322 g/mol. The Morgan fingerprint density at radius 2 is 1.86 bits per heavy atom. The molecule has 0 saturated carbocycles. The molecule has 0 aromatic heterocycles. The van der Waals surface area contributed by atoms with Crippen LogP contribution in [0.25, 0.3) is 0 Å². The van der Waals surface area contributed by atoms with Crippen molar-refractivity contribution >= 4 is 0 Å². The fourth-order valence-electron chi connectivity index (χ4n) is 2.81. The highest BCUT2D eigenvalue weighted by Crippen LogP contribution is 2.23. The lowest BCUT2D eigenvalue weighted by molar-refractivity contribution is -0.148. The smallest absolute Gasteiger partial charge is 0.307 e. The number of halogens is 5. The van der Waals surface area contributed by atoms with Crippen LogP contribution in [0.5, 0.6) is 0 Å². The number of piperidine rings is 1. The number of hydrogen-bond acceptors (Lipinski definition) is 2. The molecule has 7 heteroatoms. The molecule has 22 heavy (non-hydrogen) atoms. The van der Waals surface area contributed by atoms with Crippen LogP contribution in [0.2, 0.25) is 0 Å². The molecule has 0 unspecified atom stereocenters. The monoisotopic (exact) mass is 322 g/mol. The molecular formula is C15H19F5N2. The number of alkyl halides is 3. The van der Waals surface area contributed by atoms with E-state index in [9.17, 15) is 22.0 Å². The molecule has 124 valence electrons. The fourth-order valence-corrected chi connectivity index (χ4v) is 2.81. The topological polar surface area (TPSA) is 15.3 Å². The van der Waals surface area contributed by atoms with Gasteiger partial charge in [0, 0.05) is 23.7 Å². The maximum atomic E-state index is 13.7. The molecule has 1 heterocycles. The second-order valence-electron chi connectivity index (χ2n) is 5.72. The average Bonchev–Trinajstić information content (AvgIpc) is 2.39. The first-order valence-electron chi connectivity index (χ1n) is 7.25. The van der Waals surface area contributed by atoms with Crippen molar-refractivity contribution in [2.24, 2.45) is 0 Å². The van der Waals surface area contributed by atoms with E-state index in [2.05, 4.69) is 5.32 Å². The number of rotatable bonds is 4. The number of hydrogen-bond donors (Lipinski definition) is 1. The summed E-state index contributed by atoms with van der Waals surface area (Å²) in [4.78, 5) is 1.38. The van der Waals surface area contributed by atoms with Gasteiger partial charge in [-0.2, -0.15) is 13.2 Å². The molecule has 1 saturated heterocycles. The first-order chi connectivity index (χ1) is 10.2. The van der Waals surface area contributed by atoms with Gasteiger partial charge in [-0.15, -0.1) is 0 Å². The Kier molecular flexibility index (Phi) is 5.39. The van der Waals surface area contributed by atoms with E-state index in [0.29, 0.717) is 31.5 Å². The Bertz CT molecular complexity index is 495. The standard InChI is InChI=1S/C15H19F5N2/c1-10(13-3-2-11(16)8-14(13)17)21-12-4-6-22(7-5-12)9-15(18,19)20/h2-3,8,10,12,21H,4-7,9H2,1H3/t10-/m1/s1. The maximum absolute atomic E-state index is 13.7. The van der Waals surface area contributed by atoms with Crippen molar-refractivity contribution in [3.05, 3.63) is 35.4 Å². The van der Waals surface area contributed by atoms with Crippen molar-refractivity contribution in [2.45, 2.75) is 38.0 Å². The molecular weight excluding hydrogens is 303 g/mol. The molecule has 0 amide bonds. The van der Waals surface area contributed by atoms with Crippen LogP contribution in [0, 0.1) is 11.6 Å². The fraction of sp³-hybridized carbons (Fsp3) is 0.600. The van der Waals surface area contributed by atoms with Gasteiger partial charge in [-0.3, -0.25) is 4.90 Å². The Morgan fingerprint density at radius 3 is 2.41 bits per heavy atom. The van der Waals surface area contributed by atoms with Crippen LogP contribution >= 0.6 is 0 Å². The minimum atomic E-state index is -4.18. The highest BCUT2D eigenvalue weighted by Gasteiger charge is 2.32. The third kappa shape index (κ3) is 4.91. The van der Waals surface area contributed by atoms with E-state index in [0.717, 1.165) is 6.07 Å². The molecule has 0 aliphatic carbocycles. The number of likely N-dealkylation sites (tertiary alicyclic amines) is 1. The summed E-state index contributed by atoms with van der Waals surface area (Å²) in [5.74, 6) is -1.25. The quantitative estimate of drug-likeness (QED) is 0.852. The molecule has 0 spiro atoms. The summed E-state index contributed by atoms with van der Waals surface area (Å²) in [6.07, 6.45) is -3.03. The van der Waals surface area contributed by atoms with Crippen LogP contribution in [0.3, 0.4) is 0 Å². The van der Waals surface area contributed by atoms with Crippen LogP contribution in [0.4, 0.5) is 22.0 Å². The highest BCUT2D eigenvalue weighted by molar-refractivity contribution is 5.21. The van der Waals surface area contributed by atoms with Gasteiger partial charge in [0.1, 0.15) is 11.6 Å².